The highest BCUT2D eigenvalue weighted by Crippen LogP contribution is 2.21. The van der Waals surface area contributed by atoms with Gasteiger partial charge in [-0.15, -0.1) is 0 Å². The maximum Gasteiger partial charge on any atom is 0.258 e. The van der Waals surface area contributed by atoms with Gasteiger partial charge >= 0.3 is 0 Å². The number of hydrogen-bond donors (Lipinski definition) is 2. The van der Waals surface area contributed by atoms with Gasteiger partial charge in [0, 0.05) is 47.6 Å². The summed E-state index contributed by atoms with van der Waals surface area (Å²) in [6.07, 6.45) is 6.10. The predicted molar refractivity (Wildman–Crippen MR) is 131 cm³/mol. The summed E-state index contributed by atoms with van der Waals surface area (Å²) < 4.78 is 0. The number of carbonyl (C=O) groups excluding carboxylic acids is 2. The van der Waals surface area contributed by atoms with E-state index in [9.17, 15) is 9.59 Å². The summed E-state index contributed by atoms with van der Waals surface area (Å²) in [5, 5.41) is 2.76. The average molecular weight is 445 g/mol. The third-order valence-electron chi connectivity index (χ3n) is 5.26. The Hall–Kier alpha value is -4.83. The molecule has 5 rings (SSSR count). The molecule has 0 spiro atoms. The number of allylic oxidation sites excluding steroid dienone is 1. The Bertz CT molecular complexity index is 1520. The highest BCUT2D eigenvalue weighted by atomic mass is 16.1. The van der Waals surface area contributed by atoms with Gasteiger partial charge in [0.1, 0.15) is 11.2 Å². The number of nitrogens with one attached hydrogen (secondary N) is 2. The zero-order valence-corrected chi connectivity index (χ0v) is 18.1. The molecule has 0 saturated carbocycles. The van der Waals surface area contributed by atoms with Crippen molar-refractivity contribution >= 4 is 34.4 Å². The number of Topliss-reactive ketones (excluding diaryl/α,β-unsaturated/α-hetero) is 1. The molecule has 2 aromatic carbocycles. The van der Waals surface area contributed by atoms with Crippen LogP contribution in [0.2, 0.25) is 0 Å². The van der Waals surface area contributed by atoms with Crippen molar-refractivity contribution in [3.05, 3.63) is 102 Å². The van der Waals surface area contributed by atoms with Crippen LogP contribution in [0.25, 0.3) is 11.0 Å². The molecule has 0 atom stereocenters. The van der Waals surface area contributed by atoms with E-state index in [1.807, 2.05) is 42.5 Å². The molecule has 2 aromatic heterocycles. The number of pyridine rings is 1. The van der Waals surface area contributed by atoms with Gasteiger partial charge in [0.2, 0.25) is 5.95 Å². The summed E-state index contributed by atoms with van der Waals surface area (Å²) in [4.78, 5) is 41.6. The highest BCUT2D eigenvalue weighted by molar-refractivity contribution is 6.15. The molecule has 4 aromatic rings. The first-order valence-electron chi connectivity index (χ1n) is 10.7. The lowest BCUT2D eigenvalue weighted by molar-refractivity contribution is 0.0999. The number of aromatic amines is 1. The molecule has 34 heavy (non-hydrogen) atoms. The monoisotopic (exact) mass is 445 g/mol. The number of aliphatic imine (C=N–C) groups is 1. The molecule has 7 heteroatoms. The number of anilines is 1. The lowest BCUT2D eigenvalue weighted by atomic mass is 10.0. The third-order valence-corrected chi connectivity index (χ3v) is 5.26. The Morgan fingerprint density at radius 2 is 1.91 bits per heavy atom. The highest BCUT2D eigenvalue weighted by Gasteiger charge is 2.17. The fourth-order valence-corrected chi connectivity index (χ4v) is 3.59. The van der Waals surface area contributed by atoms with E-state index in [-0.39, 0.29) is 24.1 Å². The Kier molecular flexibility index (Phi) is 5.78. The van der Waals surface area contributed by atoms with E-state index in [0.29, 0.717) is 34.3 Å². The van der Waals surface area contributed by atoms with Gasteiger partial charge in [-0.25, -0.2) is 9.97 Å². The normalized spacial score (nSPS) is 12.2. The molecular weight excluding hydrogens is 426 g/mol. The van der Waals surface area contributed by atoms with Crippen molar-refractivity contribution in [1.82, 2.24) is 15.0 Å². The third kappa shape index (κ3) is 4.66. The van der Waals surface area contributed by atoms with Crippen LogP contribution in [0.1, 0.15) is 44.8 Å². The maximum atomic E-state index is 12.8. The average Bonchev–Trinajstić information content (AvgIpc) is 3.52. The first-order chi connectivity index (χ1) is 16.7. The minimum atomic E-state index is -0.358. The zero-order valence-electron chi connectivity index (χ0n) is 18.1. The molecule has 0 unspecified atom stereocenters. The number of aromatic nitrogens is 3. The number of hydrogen-bond acceptors (Lipinski definition) is 5. The predicted octanol–water partition coefficient (Wildman–Crippen LogP) is 4.54. The van der Waals surface area contributed by atoms with Crippen LogP contribution in [0.4, 0.5) is 5.95 Å². The van der Waals surface area contributed by atoms with Gasteiger partial charge in [-0.2, -0.15) is 0 Å². The molecule has 164 valence electrons. The van der Waals surface area contributed by atoms with E-state index in [2.05, 4.69) is 37.1 Å². The van der Waals surface area contributed by atoms with E-state index in [0.717, 1.165) is 11.3 Å². The minimum absolute atomic E-state index is 0.0619. The quantitative estimate of drug-likeness (QED) is 0.348. The molecule has 2 N–H and O–H groups in total. The molecule has 0 bridgehead atoms. The molecule has 1 aliphatic heterocycles. The van der Waals surface area contributed by atoms with Crippen molar-refractivity contribution in [3.63, 3.8) is 0 Å². The number of ketones is 1. The molecule has 7 nitrogen and oxygen atoms in total. The summed E-state index contributed by atoms with van der Waals surface area (Å²) in [6, 6.07) is 18.1. The number of H-pyrrole nitrogens is 1. The molecule has 0 saturated heterocycles. The number of imidazole rings is 1. The summed E-state index contributed by atoms with van der Waals surface area (Å²) in [7, 11) is 0. The fourth-order valence-electron chi connectivity index (χ4n) is 3.59. The molecular formula is C27H19N5O2. The summed E-state index contributed by atoms with van der Waals surface area (Å²) in [6.45, 7) is 0. The first-order valence-corrected chi connectivity index (χ1v) is 10.7. The van der Waals surface area contributed by atoms with Crippen LogP contribution in [0.15, 0.2) is 84.1 Å². The zero-order chi connectivity index (χ0) is 23.3. The van der Waals surface area contributed by atoms with Gasteiger partial charge in [0.15, 0.2) is 5.78 Å². The Labute approximate surface area is 195 Å². The van der Waals surface area contributed by atoms with Crippen molar-refractivity contribution in [2.75, 3.05) is 5.32 Å². The molecule has 1 aliphatic rings. The second-order valence-electron chi connectivity index (χ2n) is 7.67. The Morgan fingerprint density at radius 3 is 2.74 bits per heavy atom. The van der Waals surface area contributed by atoms with Crippen molar-refractivity contribution in [2.45, 2.75) is 12.8 Å². The van der Waals surface area contributed by atoms with Crippen molar-refractivity contribution < 1.29 is 9.59 Å². The van der Waals surface area contributed by atoms with E-state index >= 15 is 0 Å². The molecule has 3 heterocycles. The minimum Gasteiger partial charge on any atom is -0.324 e. The van der Waals surface area contributed by atoms with Gasteiger partial charge in [-0.3, -0.25) is 19.9 Å². The SMILES string of the molecule is O=C(Nc1nc2c(C(=O)CC3=NC=CC3)cccc2[nH]1)c1ccnc(C#Cc2ccccc2)c1. The van der Waals surface area contributed by atoms with E-state index in [4.69, 9.17) is 0 Å². The molecule has 1 amide bonds. The lowest BCUT2D eigenvalue weighted by Gasteiger charge is -2.02. The van der Waals surface area contributed by atoms with Crippen LogP contribution in [-0.4, -0.2) is 32.4 Å². The summed E-state index contributed by atoms with van der Waals surface area (Å²) in [5.41, 5.74) is 4.24. The number of amides is 1. The van der Waals surface area contributed by atoms with E-state index in [1.165, 1.54) is 0 Å². The van der Waals surface area contributed by atoms with Crippen LogP contribution >= 0.6 is 0 Å². The van der Waals surface area contributed by atoms with Crippen LogP contribution in [-0.2, 0) is 0 Å². The van der Waals surface area contributed by atoms with Crippen LogP contribution in [0, 0.1) is 11.8 Å². The van der Waals surface area contributed by atoms with E-state index < -0.39 is 0 Å². The molecule has 0 radical (unpaired) electrons. The second-order valence-corrected chi connectivity index (χ2v) is 7.67. The Balaban J connectivity index is 1.34. The van der Waals surface area contributed by atoms with E-state index in [1.54, 1.807) is 36.7 Å². The van der Waals surface area contributed by atoms with Crippen molar-refractivity contribution in [3.8, 4) is 11.8 Å². The topological polar surface area (TPSA) is 100 Å². The smallest absolute Gasteiger partial charge is 0.258 e. The molecule has 0 aliphatic carbocycles. The van der Waals surface area contributed by atoms with Gasteiger partial charge in [-0.05, 0) is 42.3 Å². The fraction of sp³-hybridized carbons (Fsp3) is 0.0741. The molecule has 0 fully saturated rings. The second kappa shape index (κ2) is 9.35. The van der Waals surface area contributed by atoms with Gasteiger partial charge in [0.05, 0.1) is 5.52 Å². The van der Waals surface area contributed by atoms with Crippen LogP contribution in [0.3, 0.4) is 0 Å². The largest absolute Gasteiger partial charge is 0.324 e. The first kappa shape index (κ1) is 21.0. The van der Waals surface area contributed by atoms with Gasteiger partial charge in [-0.1, -0.05) is 36.3 Å². The summed E-state index contributed by atoms with van der Waals surface area (Å²) in [5.74, 6) is 5.84. The van der Waals surface area contributed by atoms with Crippen LogP contribution in [0.5, 0.6) is 0 Å². The lowest BCUT2D eigenvalue weighted by Crippen LogP contribution is -2.13. The van der Waals surface area contributed by atoms with Gasteiger partial charge in [0.25, 0.3) is 5.91 Å². The maximum absolute atomic E-state index is 12.8. The number of carbonyl (C=O) groups is 2. The summed E-state index contributed by atoms with van der Waals surface area (Å²) >= 11 is 0. The van der Waals surface area contributed by atoms with Crippen molar-refractivity contribution in [2.24, 2.45) is 4.99 Å². The standard InChI is InChI=1S/C27H19N5O2/c33-24(17-20-8-5-14-28-20)22-9-4-10-23-25(22)31-27(30-23)32-26(34)19-13-15-29-21(16-19)12-11-18-6-2-1-3-7-18/h1-7,9-10,13-16H,8,17H2,(H2,30,31,32,34). The van der Waals surface area contributed by atoms with Crippen LogP contribution < -0.4 is 5.32 Å². The number of fused-ring (bicyclic) bond motifs is 1. The Morgan fingerprint density at radius 1 is 1.03 bits per heavy atom. The number of benzene rings is 2. The number of para-hydroxylation sites is 1. The van der Waals surface area contributed by atoms with Crippen molar-refractivity contribution in [1.29, 1.82) is 0 Å². The number of nitrogens with zero attached hydrogens (tertiary/aromatic N) is 3. The van der Waals surface area contributed by atoms with Gasteiger partial charge < -0.3 is 4.98 Å². The number of rotatable bonds is 5.